The van der Waals surface area contributed by atoms with Gasteiger partial charge in [-0.2, -0.15) is 0 Å². The number of fused-ring (bicyclic) bond motifs is 1. The predicted molar refractivity (Wildman–Crippen MR) is 62.5 cm³/mol. The van der Waals surface area contributed by atoms with E-state index in [-0.39, 0.29) is 0 Å². The zero-order valence-electron chi connectivity index (χ0n) is 8.69. The number of aromatic nitrogens is 2. The van der Waals surface area contributed by atoms with Gasteiger partial charge in [0.2, 0.25) is 0 Å². The number of rotatable bonds is 1. The van der Waals surface area contributed by atoms with Crippen LogP contribution in [0.25, 0.3) is 16.7 Å². The quantitative estimate of drug-likeness (QED) is 0.686. The van der Waals surface area contributed by atoms with Crippen molar-refractivity contribution in [3.05, 3.63) is 36.7 Å². The molecule has 0 fully saturated rings. The van der Waals surface area contributed by atoms with Crippen LogP contribution in [-0.2, 0) is 0 Å². The molecule has 0 aromatic carbocycles. The maximum absolute atomic E-state index is 4.44. The Morgan fingerprint density at radius 1 is 1.20 bits per heavy atom. The van der Waals surface area contributed by atoms with Gasteiger partial charge in [-0.25, -0.2) is 4.98 Å². The first kappa shape index (κ1) is 8.72. The fourth-order valence-electron chi connectivity index (χ4n) is 2.24. The van der Waals surface area contributed by atoms with Crippen LogP contribution in [0.1, 0.15) is 25.7 Å². The van der Waals surface area contributed by atoms with Gasteiger partial charge in [-0.05, 0) is 43.9 Å². The van der Waals surface area contributed by atoms with Crippen molar-refractivity contribution in [1.82, 2.24) is 9.55 Å². The van der Waals surface area contributed by atoms with E-state index in [0.717, 1.165) is 5.65 Å². The Hall–Kier alpha value is -1.57. The molecule has 0 N–H and O–H groups in total. The molecule has 0 aliphatic heterocycles. The average Bonchev–Trinajstić information content (AvgIpc) is 2.74. The third kappa shape index (κ3) is 1.46. The van der Waals surface area contributed by atoms with Gasteiger partial charge >= 0.3 is 0 Å². The van der Waals surface area contributed by atoms with Gasteiger partial charge in [0, 0.05) is 23.5 Å². The Bertz CT molecular complexity index is 508. The molecule has 2 aromatic rings. The highest BCUT2D eigenvalue weighted by atomic mass is 15.0. The average molecular weight is 198 g/mol. The SMILES string of the molecule is C1=C(n2ccc3cccnc32)CCCC1. The first-order chi connectivity index (χ1) is 7.45. The maximum atomic E-state index is 4.44. The first-order valence-corrected chi connectivity index (χ1v) is 5.57. The lowest BCUT2D eigenvalue weighted by molar-refractivity contribution is 0.720. The lowest BCUT2D eigenvalue weighted by Crippen LogP contribution is -2.00. The van der Waals surface area contributed by atoms with Gasteiger partial charge in [0.1, 0.15) is 5.65 Å². The Morgan fingerprint density at radius 3 is 3.07 bits per heavy atom. The summed E-state index contributed by atoms with van der Waals surface area (Å²) in [6, 6.07) is 6.24. The van der Waals surface area contributed by atoms with E-state index in [0.29, 0.717) is 0 Å². The van der Waals surface area contributed by atoms with E-state index in [1.165, 1.54) is 36.8 Å². The molecule has 1 aliphatic carbocycles. The summed E-state index contributed by atoms with van der Waals surface area (Å²) in [5, 5.41) is 1.23. The molecule has 0 bridgehead atoms. The van der Waals surface area contributed by atoms with Crippen LogP contribution in [0, 0.1) is 0 Å². The Labute approximate surface area is 89.2 Å². The highest BCUT2D eigenvalue weighted by Gasteiger charge is 2.08. The Balaban J connectivity index is 2.14. The number of allylic oxidation sites excluding steroid dienone is 2. The number of nitrogens with zero attached hydrogens (tertiary/aromatic N) is 2. The van der Waals surface area contributed by atoms with E-state index >= 15 is 0 Å². The van der Waals surface area contributed by atoms with E-state index in [9.17, 15) is 0 Å². The molecule has 76 valence electrons. The summed E-state index contributed by atoms with van der Waals surface area (Å²) in [6.07, 6.45) is 11.4. The molecule has 0 unspecified atom stereocenters. The minimum atomic E-state index is 1.09. The number of pyridine rings is 1. The lowest BCUT2D eigenvalue weighted by atomic mass is 10.0. The van der Waals surface area contributed by atoms with Crippen molar-refractivity contribution in [2.24, 2.45) is 0 Å². The summed E-state index contributed by atoms with van der Waals surface area (Å²) < 4.78 is 2.23. The fraction of sp³-hybridized carbons (Fsp3) is 0.308. The van der Waals surface area contributed by atoms with Crippen molar-refractivity contribution in [3.8, 4) is 0 Å². The summed E-state index contributed by atoms with van der Waals surface area (Å²) in [7, 11) is 0. The first-order valence-electron chi connectivity index (χ1n) is 5.57. The number of hydrogen-bond acceptors (Lipinski definition) is 1. The molecular formula is C13H14N2. The van der Waals surface area contributed by atoms with Crippen molar-refractivity contribution >= 4 is 16.7 Å². The molecule has 15 heavy (non-hydrogen) atoms. The van der Waals surface area contributed by atoms with Crippen LogP contribution < -0.4 is 0 Å². The van der Waals surface area contributed by atoms with Gasteiger partial charge in [0.05, 0.1) is 0 Å². The zero-order valence-corrected chi connectivity index (χ0v) is 8.69. The summed E-state index contributed by atoms with van der Waals surface area (Å²) >= 11 is 0. The third-order valence-corrected chi connectivity index (χ3v) is 3.02. The van der Waals surface area contributed by atoms with Gasteiger partial charge in [-0.15, -0.1) is 0 Å². The minimum absolute atomic E-state index is 1.09. The second-order valence-electron chi connectivity index (χ2n) is 4.04. The molecule has 2 nitrogen and oxygen atoms in total. The molecule has 2 aromatic heterocycles. The zero-order chi connectivity index (χ0) is 10.1. The molecule has 0 radical (unpaired) electrons. The molecular weight excluding hydrogens is 184 g/mol. The molecule has 2 heteroatoms. The molecule has 3 rings (SSSR count). The Kier molecular flexibility index (Phi) is 2.05. The third-order valence-electron chi connectivity index (χ3n) is 3.02. The number of hydrogen-bond donors (Lipinski definition) is 0. The van der Waals surface area contributed by atoms with Crippen LogP contribution in [0.4, 0.5) is 0 Å². The highest BCUT2D eigenvalue weighted by molar-refractivity contribution is 5.79. The van der Waals surface area contributed by atoms with Crippen LogP contribution in [0.2, 0.25) is 0 Å². The topological polar surface area (TPSA) is 17.8 Å². The van der Waals surface area contributed by atoms with Gasteiger partial charge in [-0.1, -0.05) is 6.08 Å². The van der Waals surface area contributed by atoms with Crippen LogP contribution in [0.15, 0.2) is 36.7 Å². The predicted octanol–water partition coefficient (Wildman–Crippen LogP) is 3.45. The normalized spacial score (nSPS) is 16.7. The highest BCUT2D eigenvalue weighted by Crippen LogP contribution is 2.25. The van der Waals surface area contributed by atoms with Crippen molar-refractivity contribution in [1.29, 1.82) is 0 Å². The molecule has 1 aliphatic rings. The molecule has 0 saturated heterocycles. The Morgan fingerprint density at radius 2 is 2.20 bits per heavy atom. The van der Waals surface area contributed by atoms with E-state index in [4.69, 9.17) is 0 Å². The second kappa shape index (κ2) is 3.54. The molecule has 0 spiro atoms. The summed E-state index contributed by atoms with van der Waals surface area (Å²) in [5.74, 6) is 0. The van der Waals surface area contributed by atoms with Crippen LogP contribution in [0.3, 0.4) is 0 Å². The van der Waals surface area contributed by atoms with Crippen molar-refractivity contribution < 1.29 is 0 Å². The summed E-state index contributed by atoms with van der Waals surface area (Å²) in [4.78, 5) is 4.44. The maximum Gasteiger partial charge on any atom is 0.144 e. The van der Waals surface area contributed by atoms with Gasteiger partial charge in [0.15, 0.2) is 0 Å². The molecule has 0 saturated carbocycles. The van der Waals surface area contributed by atoms with Crippen LogP contribution in [-0.4, -0.2) is 9.55 Å². The second-order valence-corrected chi connectivity index (χ2v) is 4.04. The van der Waals surface area contributed by atoms with E-state index in [2.05, 4.69) is 34.0 Å². The largest absolute Gasteiger partial charge is 0.305 e. The lowest BCUT2D eigenvalue weighted by Gasteiger charge is -2.14. The van der Waals surface area contributed by atoms with Crippen molar-refractivity contribution in [2.45, 2.75) is 25.7 Å². The van der Waals surface area contributed by atoms with Crippen molar-refractivity contribution in [3.63, 3.8) is 0 Å². The molecule has 0 atom stereocenters. The monoisotopic (exact) mass is 198 g/mol. The van der Waals surface area contributed by atoms with Gasteiger partial charge in [-0.3, -0.25) is 0 Å². The van der Waals surface area contributed by atoms with E-state index in [1.807, 2.05) is 12.3 Å². The van der Waals surface area contributed by atoms with Gasteiger partial charge < -0.3 is 4.57 Å². The smallest absolute Gasteiger partial charge is 0.144 e. The standard InChI is InChI=1S/C13H14N2/c1-2-6-12(7-3-1)15-10-8-11-5-4-9-14-13(11)15/h4-6,8-10H,1-3,7H2. The van der Waals surface area contributed by atoms with Crippen molar-refractivity contribution in [2.75, 3.05) is 0 Å². The molecule has 2 heterocycles. The fourth-order valence-corrected chi connectivity index (χ4v) is 2.24. The van der Waals surface area contributed by atoms with Crippen LogP contribution in [0.5, 0.6) is 0 Å². The van der Waals surface area contributed by atoms with E-state index in [1.54, 1.807) is 0 Å². The van der Waals surface area contributed by atoms with Crippen LogP contribution >= 0.6 is 0 Å². The summed E-state index contributed by atoms with van der Waals surface area (Å²) in [5.41, 5.74) is 2.50. The minimum Gasteiger partial charge on any atom is -0.305 e. The molecule has 0 amide bonds. The van der Waals surface area contributed by atoms with E-state index < -0.39 is 0 Å². The van der Waals surface area contributed by atoms with Gasteiger partial charge in [0.25, 0.3) is 0 Å². The summed E-state index contributed by atoms with van der Waals surface area (Å²) in [6.45, 7) is 0.